The van der Waals surface area contributed by atoms with Gasteiger partial charge in [-0.15, -0.1) is 0 Å². The molecular formula is C28H29F3N6O3S. The van der Waals surface area contributed by atoms with Crippen LogP contribution >= 0.6 is 0 Å². The van der Waals surface area contributed by atoms with Gasteiger partial charge in [0.2, 0.25) is 11.8 Å². The normalized spacial score (nSPS) is 14.9. The molecule has 0 bridgehead atoms. The third kappa shape index (κ3) is 6.05. The monoisotopic (exact) mass is 586 g/mol. The Morgan fingerprint density at radius 3 is 2.44 bits per heavy atom. The fraction of sp³-hybridized carbons (Fsp3) is 0.321. The molecule has 216 valence electrons. The average molecular weight is 587 g/mol. The number of aryl methyl sites for hydroxylation is 2. The zero-order valence-corrected chi connectivity index (χ0v) is 23.5. The van der Waals surface area contributed by atoms with E-state index in [0.29, 0.717) is 16.7 Å². The molecule has 2 aromatic heterocycles. The van der Waals surface area contributed by atoms with Crippen LogP contribution in [-0.2, 0) is 17.1 Å². The maximum absolute atomic E-state index is 15.8. The largest absolute Gasteiger partial charge is 0.435 e. The molecule has 0 saturated carbocycles. The summed E-state index contributed by atoms with van der Waals surface area (Å²) >= 11 is 0. The summed E-state index contributed by atoms with van der Waals surface area (Å²) in [5, 5.41) is 3.86. The second-order valence-electron chi connectivity index (χ2n) is 10.0. The van der Waals surface area contributed by atoms with Gasteiger partial charge >= 0.3 is 0 Å². The van der Waals surface area contributed by atoms with Gasteiger partial charge in [-0.25, -0.2) is 31.3 Å². The third-order valence-electron chi connectivity index (χ3n) is 7.10. The minimum atomic E-state index is -4.24. The number of benzene rings is 2. The molecule has 1 N–H and O–H groups in total. The lowest BCUT2D eigenvalue weighted by Crippen LogP contribution is -2.29. The quantitative estimate of drug-likeness (QED) is 0.284. The first kappa shape index (κ1) is 28.6. The van der Waals surface area contributed by atoms with E-state index in [0.717, 1.165) is 32.1 Å². The van der Waals surface area contributed by atoms with E-state index in [-0.39, 0.29) is 22.3 Å². The molecule has 41 heavy (non-hydrogen) atoms. The zero-order valence-electron chi connectivity index (χ0n) is 22.7. The number of ether oxygens (including phenoxy) is 1. The summed E-state index contributed by atoms with van der Waals surface area (Å²) in [6.07, 6.45) is 0.747. The lowest BCUT2D eigenvalue weighted by Gasteiger charge is -2.29. The molecule has 9 nitrogen and oxygen atoms in total. The number of aromatic nitrogens is 4. The number of piperidine rings is 1. The van der Waals surface area contributed by atoms with Gasteiger partial charge in [-0.2, -0.15) is 10.1 Å². The summed E-state index contributed by atoms with van der Waals surface area (Å²) in [6.45, 7) is 3.31. The molecule has 0 unspecified atom stereocenters. The van der Waals surface area contributed by atoms with Crippen LogP contribution in [0.15, 0.2) is 59.8 Å². The van der Waals surface area contributed by atoms with E-state index in [1.54, 1.807) is 50.4 Å². The second-order valence-corrected chi connectivity index (χ2v) is 11.7. The molecule has 0 spiro atoms. The number of likely N-dealkylation sites (tertiary alicyclic amines) is 1. The fourth-order valence-electron chi connectivity index (χ4n) is 4.88. The van der Waals surface area contributed by atoms with Crippen molar-refractivity contribution in [2.75, 3.05) is 24.9 Å². The topological polar surface area (TPSA) is 102 Å². The van der Waals surface area contributed by atoms with Crippen LogP contribution < -0.4 is 9.46 Å². The van der Waals surface area contributed by atoms with Gasteiger partial charge in [-0.3, -0.25) is 4.68 Å². The van der Waals surface area contributed by atoms with Gasteiger partial charge in [0, 0.05) is 18.8 Å². The summed E-state index contributed by atoms with van der Waals surface area (Å²) in [5.74, 6) is -2.19. The Labute approximate surface area is 236 Å². The van der Waals surface area contributed by atoms with Crippen molar-refractivity contribution in [3.63, 3.8) is 0 Å². The van der Waals surface area contributed by atoms with Crippen molar-refractivity contribution >= 4 is 16.0 Å². The van der Waals surface area contributed by atoms with Gasteiger partial charge in [0.15, 0.2) is 11.6 Å². The number of sulfonamides is 1. The van der Waals surface area contributed by atoms with E-state index in [1.807, 2.05) is 7.05 Å². The third-order valence-corrected chi connectivity index (χ3v) is 8.39. The number of hydrogen-bond acceptors (Lipinski definition) is 7. The van der Waals surface area contributed by atoms with Crippen molar-refractivity contribution in [1.82, 2.24) is 24.6 Å². The first-order chi connectivity index (χ1) is 19.5. The van der Waals surface area contributed by atoms with Gasteiger partial charge in [-0.1, -0.05) is 36.4 Å². The number of alkyl halides is 2. The first-order valence-corrected chi connectivity index (χ1v) is 14.4. The van der Waals surface area contributed by atoms with Crippen LogP contribution in [0, 0.1) is 12.7 Å². The smallest absolute Gasteiger partial charge is 0.271 e. The van der Waals surface area contributed by atoms with Gasteiger partial charge < -0.3 is 9.64 Å². The summed E-state index contributed by atoms with van der Waals surface area (Å²) < 4.78 is 80.4. The molecular weight excluding hydrogens is 557 g/mol. The van der Waals surface area contributed by atoms with Crippen LogP contribution in [0.3, 0.4) is 0 Å². The average Bonchev–Trinajstić information content (AvgIpc) is 3.37. The number of hydrogen-bond donors (Lipinski definition) is 1. The molecule has 5 rings (SSSR count). The summed E-state index contributed by atoms with van der Waals surface area (Å²) in [4.78, 5) is 10.2. The second kappa shape index (κ2) is 11.5. The van der Waals surface area contributed by atoms with Crippen LogP contribution in [0.25, 0.3) is 11.3 Å². The number of halogens is 3. The number of anilines is 1. The van der Waals surface area contributed by atoms with Crippen LogP contribution in [0.1, 0.15) is 41.9 Å². The maximum Gasteiger partial charge on any atom is 0.271 e. The van der Waals surface area contributed by atoms with Gasteiger partial charge in [-0.05, 0) is 63.0 Å². The molecule has 3 heterocycles. The number of nitrogens with one attached hydrogen (secondary N) is 1. The van der Waals surface area contributed by atoms with Crippen molar-refractivity contribution in [2.45, 2.75) is 37.0 Å². The molecule has 2 aromatic carbocycles. The molecule has 1 aliphatic rings. The highest BCUT2D eigenvalue weighted by Crippen LogP contribution is 2.41. The van der Waals surface area contributed by atoms with E-state index in [2.05, 4.69) is 24.7 Å². The maximum atomic E-state index is 15.8. The van der Waals surface area contributed by atoms with E-state index in [4.69, 9.17) is 4.74 Å². The lowest BCUT2D eigenvalue weighted by atomic mass is 9.89. The summed E-state index contributed by atoms with van der Waals surface area (Å²) in [6, 6.07) is 11.3. The fourth-order valence-corrected chi connectivity index (χ4v) is 5.80. The molecule has 0 amide bonds. The lowest BCUT2D eigenvalue weighted by molar-refractivity contribution is 0.147. The van der Waals surface area contributed by atoms with Gasteiger partial charge in [0.25, 0.3) is 16.4 Å². The molecule has 1 saturated heterocycles. The highest BCUT2D eigenvalue weighted by molar-refractivity contribution is 7.92. The number of nitrogens with zero attached hydrogens (tertiary/aromatic N) is 5. The van der Waals surface area contributed by atoms with Crippen molar-refractivity contribution in [3.8, 4) is 22.9 Å². The first-order valence-electron chi connectivity index (χ1n) is 13.0. The summed E-state index contributed by atoms with van der Waals surface area (Å²) in [5.41, 5.74) is 0.430. The van der Waals surface area contributed by atoms with Crippen LogP contribution in [0.5, 0.6) is 11.6 Å². The molecule has 0 atom stereocenters. The molecule has 13 heteroatoms. The predicted molar refractivity (Wildman–Crippen MR) is 147 cm³/mol. The van der Waals surface area contributed by atoms with Crippen molar-refractivity contribution < 1.29 is 26.3 Å². The Balaban J connectivity index is 1.62. The van der Waals surface area contributed by atoms with Crippen molar-refractivity contribution in [3.05, 3.63) is 77.4 Å². The SMILES string of the molecule is Cc1ccccc1-c1nc(NS(=O)(=O)c2cnn(C)c2)nc(Oc2cccc(C3CCN(C)CC3)c2F)c1C(F)F. The number of rotatable bonds is 8. The highest BCUT2D eigenvalue weighted by Gasteiger charge is 2.29. The highest BCUT2D eigenvalue weighted by atomic mass is 32.2. The Kier molecular flexibility index (Phi) is 8.00. The molecule has 0 aliphatic carbocycles. The van der Waals surface area contributed by atoms with Crippen LogP contribution in [-0.4, -0.2) is 53.2 Å². The van der Waals surface area contributed by atoms with Crippen molar-refractivity contribution in [1.29, 1.82) is 0 Å². The minimum absolute atomic E-state index is 0.0564. The minimum Gasteiger partial charge on any atom is -0.435 e. The molecule has 4 aromatic rings. The van der Waals surface area contributed by atoms with Gasteiger partial charge in [0.05, 0.1) is 11.9 Å². The van der Waals surface area contributed by atoms with E-state index < -0.39 is 39.7 Å². The Morgan fingerprint density at radius 1 is 1.05 bits per heavy atom. The zero-order chi connectivity index (χ0) is 29.3. The molecule has 1 fully saturated rings. The predicted octanol–water partition coefficient (Wildman–Crippen LogP) is 5.66. The van der Waals surface area contributed by atoms with Crippen LogP contribution in [0.2, 0.25) is 0 Å². The Morgan fingerprint density at radius 2 is 1.78 bits per heavy atom. The standard InChI is InChI=1S/C28H29F3N6O3S/c1-17-7-4-5-8-20(17)25-23(26(30)31)27(34-28(33-25)35-41(38,39)19-15-32-37(3)16-19)40-22-10-6-9-21(24(22)29)18-11-13-36(2)14-12-18/h4-10,15-16,18,26H,11-14H2,1-3H3,(H,33,34,35). The van der Waals surface area contributed by atoms with E-state index >= 15 is 4.39 Å². The molecule has 0 radical (unpaired) electrons. The molecule has 1 aliphatic heterocycles. The summed E-state index contributed by atoms with van der Waals surface area (Å²) in [7, 11) is -0.693. The van der Waals surface area contributed by atoms with Crippen LogP contribution in [0.4, 0.5) is 19.1 Å². The Bertz CT molecular complexity index is 1670. The Hall–Kier alpha value is -3.97. The van der Waals surface area contributed by atoms with Gasteiger partial charge in [0.1, 0.15) is 10.5 Å². The van der Waals surface area contributed by atoms with Crippen molar-refractivity contribution in [2.24, 2.45) is 7.05 Å². The van der Waals surface area contributed by atoms with E-state index in [9.17, 15) is 17.2 Å². The van der Waals surface area contributed by atoms with E-state index in [1.165, 1.54) is 16.9 Å².